The summed E-state index contributed by atoms with van der Waals surface area (Å²) in [6.45, 7) is 1.75. The van der Waals surface area contributed by atoms with E-state index in [0.29, 0.717) is 31.3 Å². The molecular formula is C23H27N3O3. The summed E-state index contributed by atoms with van der Waals surface area (Å²) in [6, 6.07) is 14.9. The second kappa shape index (κ2) is 8.99. The van der Waals surface area contributed by atoms with Gasteiger partial charge in [-0.15, -0.1) is 0 Å². The standard InChI is InChI=1S/C23H27N3O3/c27-22(18-8-10-19(11-9-18)26-15-14-24-23(26)28)25-16-17-6-12-21(13-7-17)29-20-4-2-1-3-5-20/h6-13,20H,1-5,14-16H2,(H,24,28)(H,25,27). The van der Waals surface area contributed by atoms with Gasteiger partial charge in [-0.25, -0.2) is 4.79 Å². The van der Waals surface area contributed by atoms with Crippen LogP contribution in [-0.4, -0.2) is 31.1 Å². The number of urea groups is 1. The molecule has 2 N–H and O–H groups in total. The summed E-state index contributed by atoms with van der Waals surface area (Å²) in [5, 5.41) is 5.71. The van der Waals surface area contributed by atoms with Crippen molar-refractivity contribution in [1.82, 2.24) is 10.6 Å². The Morgan fingerprint density at radius 3 is 2.41 bits per heavy atom. The molecule has 2 aliphatic rings. The fraction of sp³-hybridized carbons (Fsp3) is 0.391. The van der Waals surface area contributed by atoms with Gasteiger partial charge >= 0.3 is 6.03 Å². The van der Waals surface area contributed by atoms with Gasteiger partial charge in [0.05, 0.1) is 6.10 Å². The number of carbonyl (C=O) groups excluding carboxylic acids is 2. The first kappa shape index (κ1) is 19.3. The minimum Gasteiger partial charge on any atom is -0.490 e. The van der Waals surface area contributed by atoms with Gasteiger partial charge in [-0.3, -0.25) is 9.69 Å². The second-order valence-corrected chi connectivity index (χ2v) is 7.63. The summed E-state index contributed by atoms with van der Waals surface area (Å²) in [4.78, 5) is 25.8. The maximum absolute atomic E-state index is 12.4. The van der Waals surface area contributed by atoms with Crippen molar-refractivity contribution in [3.05, 3.63) is 59.7 Å². The molecule has 4 rings (SSSR count). The number of hydrogen-bond acceptors (Lipinski definition) is 3. The van der Waals surface area contributed by atoms with Crippen molar-refractivity contribution in [2.24, 2.45) is 0 Å². The van der Waals surface area contributed by atoms with Crippen LogP contribution < -0.4 is 20.3 Å². The summed E-state index contributed by atoms with van der Waals surface area (Å²) < 4.78 is 6.05. The molecule has 29 heavy (non-hydrogen) atoms. The van der Waals surface area contributed by atoms with Crippen LogP contribution in [0.4, 0.5) is 10.5 Å². The van der Waals surface area contributed by atoms with Crippen LogP contribution in [0.1, 0.15) is 48.0 Å². The topological polar surface area (TPSA) is 70.7 Å². The normalized spacial score (nSPS) is 17.1. The van der Waals surface area contributed by atoms with Gasteiger partial charge in [0.25, 0.3) is 5.91 Å². The Hall–Kier alpha value is -3.02. The van der Waals surface area contributed by atoms with Crippen molar-refractivity contribution in [1.29, 1.82) is 0 Å². The first-order valence-corrected chi connectivity index (χ1v) is 10.4. The Kier molecular flexibility index (Phi) is 5.98. The summed E-state index contributed by atoms with van der Waals surface area (Å²) in [7, 11) is 0. The summed E-state index contributed by atoms with van der Waals surface area (Å²) >= 11 is 0. The van der Waals surface area contributed by atoms with E-state index < -0.39 is 0 Å². The number of nitrogens with zero attached hydrogens (tertiary/aromatic N) is 1. The third kappa shape index (κ3) is 4.88. The minimum absolute atomic E-state index is 0.0990. The molecule has 3 amide bonds. The molecule has 0 atom stereocenters. The monoisotopic (exact) mass is 393 g/mol. The van der Waals surface area contributed by atoms with Crippen LogP contribution in [0.3, 0.4) is 0 Å². The first-order valence-electron chi connectivity index (χ1n) is 10.4. The average Bonchev–Trinajstić information content (AvgIpc) is 3.20. The van der Waals surface area contributed by atoms with Crippen molar-refractivity contribution >= 4 is 17.6 Å². The van der Waals surface area contributed by atoms with Gasteiger partial charge < -0.3 is 15.4 Å². The number of benzene rings is 2. The highest BCUT2D eigenvalue weighted by molar-refractivity contribution is 5.96. The fourth-order valence-electron chi connectivity index (χ4n) is 3.86. The molecule has 0 radical (unpaired) electrons. The van der Waals surface area contributed by atoms with Gasteiger partial charge in [0.15, 0.2) is 0 Å². The predicted octanol–water partition coefficient (Wildman–Crippen LogP) is 3.86. The maximum Gasteiger partial charge on any atom is 0.321 e. The number of nitrogens with one attached hydrogen (secondary N) is 2. The van der Waals surface area contributed by atoms with Crippen LogP contribution in [0, 0.1) is 0 Å². The van der Waals surface area contributed by atoms with Crippen LogP contribution in [0.5, 0.6) is 5.75 Å². The number of amides is 3. The van der Waals surface area contributed by atoms with Crippen LogP contribution in [0.2, 0.25) is 0 Å². The van der Waals surface area contributed by atoms with Crippen molar-refractivity contribution in [3.63, 3.8) is 0 Å². The largest absolute Gasteiger partial charge is 0.490 e. The minimum atomic E-state index is -0.134. The summed E-state index contributed by atoms with van der Waals surface area (Å²) in [5.74, 6) is 0.762. The van der Waals surface area contributed by atoms with Gasteiger partial charge in [-0.2, -0.15) is 0 Å². The van der Waals surface area contributed by atoms with Crippen molar-refractivity contribution in [2.75, 3.05) is 18.0 Å². The first-order chi connectivity index (χ1) is 14.2. The average molecular weight is 393 g/mol. The molecule has 0 aromatic heterocycles. The van der Waals surface area contributed by atoms with E-state index in [1.165, 1.54) is 19.3 Å². The van der Waals surface area contributed by atoms with Crippen molar-refractivity contribution in [3.8, 4) is 5.75 Å². The van der Waals surface area contributed by atoms with E-state index in [1.54, 1.807) is 29.2 Å². The number of rotatable bonds is 6. The molecule has 1 heterocycles. The SMILES string of the molecule is O=C(NCc1ccc(OC2CCCCC2)cc1)c1ccc(N2CCNC2=O)cc1. The molecular weight excluding hydrogens is 366 g/mol. The third-order valence-corrected chi connectivity index (χ3v) is 5.53. The van der Waals surface area contributed by atoms with Crippen LogP contribution in [0.25, 0.3) is 0 Å². The Morgan fingerprint density at radius 1 is 1.03 bits per heavy atom. The lowest BCUT2D eigenvalue weighted by Crippen LogP contribution is -2.27. The molecule has 2 aromatic carbocycles. The van der Waals surface area contributed by atoms with Crippen LogP contribution in [-0.2, 0) is 6.54 Å². The number of hydrogen-bond donors (Lipinski definition) is 2. The number of carbonyl (C=O) groups is 2. The molecule has 1 saturated carbocycles. The lowest BCUT2D eigenvalue weighted by Gasteiger charge is -2.23. The van der Waals surface area contributed by atoms with Gasteiger partial charge in [-0.05, 0) is 67.6 Å². The lowest BCUT2D eigenvalue weighted by molar-refractivity contribution is 0.0951. The molecule has 6 nitrogen and oxygen atoms in total. The molecule has 1 aliphatic heterocycles. The van der Waals surface area contributed by atoms with Crippen molar-refractivity contribution in [2.45, 2.75) is 44.8 Å². The molecule has 0 unspecified atom stereocenters. The highest BCUT2D eigenvalue weighted by atomic mass is 16.5. The molecule has 152 valence electrons. The van der Waals surface area contributed by atoms with E-state index in [-0.39, 0.29) is 11.9 Å². The van der Waals surface area contributed by atoms with E-state index in [0.717, 1.165) is 29.8 Å². The number of ether oxygens (including phenoxy) is 1. The molecule has 6 heteroatoms. The molecule has 0 bridgehead atoms. The Bertz CT molecular complexity index is 843. The Labute approximate surface area is 171 Å². The fourth-order valence-corrected chi connectivity index (χ4v) is 3.86. The van der Waals surface area contributed by atoms with Crippen LogP contribution >= 0.6 is 0 Å². The zero-order chi connectivity index (χ0) is 20.1. The smallest absolute Gasteiger partial charge is 0.321 e. The van der Waals surface area contributed by atoms with E-state index >= 15 is 0 Å². The Morgan fingerprint density at radius 2 is 1.76 bits per heavy atom. The highest BCUT2D eigenvalue weighted by Crippen LogP contribution is 2.23. The third-order valence-electron chi connectivity index (χ3n) is 5.53. The van der Waals surface area contributed by atoms with Gasteiger partial charge in [-0.1, -0.05) is 18.6 Å². The van der Waals surface area contributed by atoms with Crippen molar-refractivity contribution < 1.29 is 14.3 Å². The molecule has 2 fully saturated rings. The zero-order valence-corrected chi connectivity index (χ0v) is 16.5. The quantitative estimate of drug-likeness (QED) is 0.783. The zero-order valence-electron chi connectivity index (χ0n) is 16.5. The Balaban J connectivity index is 1.28. The molecule has 2 aromatic rings. The van der Waals surface area contributed by atoms with Gasteiger partial charge in [0.2, 0.25) is 0 Å². The maximum atomic E-state index is 12.4. The van der Waals surface area contributed by atoms with E-state index in [2.05, 4.69) is 10.6 Å². The van der Waals surface area contributed by atoms with Gasteiger partial charge in [0.1, 0.15) is 5.75 Å². The molecule has 1 aliphatic carbocycles. The summed E-state index contributed by atoms with van der Waals surface area (Å²) in [6.07, 6.45) is 6.43. The molecule has 1 saturated heterocycles. The highest BCUT2D eigenvalue weighted by Gasteiger charge is 2.21. The lowest BCUT2D eigenvalue weighted by atomic mass is 9.98. The molecule has 0 spiro atoms. The second-order valence-electron chi connectivity index (χ2n) is 7.63. The predicted molar refractivity (Wildman–Crippen MR) is 112 cm³/mol. The van der Waals surface area contributed by atoms with E-state index in [4.69, 9.17) is 4.74 Å². The van der Waals surface area contributed by atoms with E-state index in [9.17, 15) is 9.59 Å². The number of anilines is 1. The summed E-state index contributed by atoms with van der Waals surface area (Å²) in [5.41, 5.74) is 2.40. The van der Waals surface area contributed by atoms with Crippen LogP contribution in [0.15, 0.2) is 48.5 Å². The van der Waals surface area contributed by atoms with E-state index in [1.807, 2.05) is 24.3 Å². The van der Waals surface area contributed by atoms with Gasteiger partial charge in [0, 0.05) is 30.9 Å².